The molecule has 0 saturated carbocycles. The van der Waals surface area contributed by atoms with E-state index in [1.165, 1.54) is 17.5 Å². The van der Waals surface area contributed by atoms with Crippen LogP contribution < -0.4 is 10.6 Å². The van der Waals surface area contributed by atoms with Gasteiger partial charge in [-0.25, -0.2) is 14.6 Å². The Labute approximate surface area is 180 Å². The Balaban J connectivity index is 1.47. The molecular formula is C24H24N6O. The van der Waals surface area contributed by atoms with Crippen LogP contribution in [0.5, 0.6) is 0 Å². The van der Waals surface area contributed by atoms with Crippen LogP contribution in [0.2, 0.25) is 0 Å². The summed E-state index contributed by atoms with van der Waals surface area (Å²) >= 11 is 0. The molecule has 0 bridgehead atoms. The number of benzene rings is 2. The lowest BCUT2D eigenvalue weighted by molar-refractivity contribution is -0.117. The van der Waals surface area contributed by atoms with Gasteiger partial charge in [0.1, 0.15) is 17.8 Å². The first-order valence-corrected chi connectivity index (χ1v) is 10.4. The van der Waals surface area contributed by atoms with Gasteiger partial charge in [-0.15, -0.1) is 0 Å². The second kappa shape index (κ2) is 7.19. The molecular weight excluding hydrogens is 388 g/mol. The Bertz CT molecular complexity index is 1340. The maximum atomic E-state index is 13.1. The number of rotatable bonds is 3. The molecule has 156 valence electrons. The quantitative estimate of drug-likeness (QED) is 0.557. The molecule has 0 unspecified atom stereocenters. The lowest BCUT2D eigenvalue weighted by atomic mass is 10.0. The Morgan fingerprint density at radius 1 is 1.16 bits per heavy atom. The average Bonchev–Trinajstić information content (AvgIpc) is 3.33. The normalized spacial score (nSPS) is 13.1. The van der Waals surface area contributed by atoms with Crippen molar-refractivity contribution in [2.75, 3.05) is 17.2 Å². The fourth-order valence-electron chi connectivity index (χ4n) is 4.38. The largest absolute Gasteiger partial charge is 0.383 e. The number of hydrogen-bond donors (Lipinski definition) is 1. The number of amides is 1. The van der Waals surface area contributed by atoms with E-state index in [1.54, 1.807) is 4.68 Å². The van der Waals surface area contributed by atoms with E-state index in [-0.39, 0.29) is 5.91 Å². The lowest BCUT2D eigenvalue weighted by Gasteiger charge is -2.18. The Hall–Kier alpha value is -3.74. The van der Waals surface area contributed by atoms with Crippen molar-refractivity contribution in [1.29, 1.82) is 0 Å². The highest BCUT2D eigenvalue weighted by Crippen LogP contribution is 2.35. The van der Waals surface area contributed by atoms with Gasteiger partial charge in [0.05, 0.1) is 11.8 Å². The first-order chi connectivity index (χ1) is 14.9. The van der Waals surface area contributed by atoms with E-state index in [0.29, 0.717) is 24.4 Å². The highest BCUT2D eigenvalue weighted by molar-refractivity contribution is 6.00. The second-order valence-corrected chi connectivity index (χ2v) is 8.10. The van der Waals surface area contributed by atoms with Gasteiger partial charge in [-0.2, -0.15) is 5.10 Å². The number of carbonyl (C=O) groups is 1. The standard InChI is InChI=1S/C24H24N6O/c1-14-5-4-6-16(15(14)2)12-20(31)30-10-9-17-11-18(7-8-19(17)30)22-21-23(25)26-13-27-24(21)29(3)28-22/h4-8,11,13H,9-10,12H2,1-3H3,(H2,25,26,27). The third kappa shape index (κ3) is 3.13. The Morgan fingerprint density at radius 2 is 2.00 bits per heavy atom. The third-order valence-corrected chi connectivity index (χ3v) is 6.26. The predicted octanol–water partition coefficient (Wildman–Crippen LogP) is 3.36. The molecule has 1 aliphatic heterocycles. The zero-order chi connectivity index (χ0) is 21.7. The average molecular weight is 412 g/mol. The van der Waals surface area contributed by atoms with Crippen molar-refractivity contribution in [3.05, 3.63) is 65.0 Å². The summed E-state index contributed by atoms with van der Waals surface area (Å²) in [6.07, 6.45) is 2.68. The van der Waals surface area contributed by atoms with Crippen LogP contribution in [0.15, 0.2) is 42.7 Å². The molecule has 0 saturated heterocycles. The molecule has 0 spiro atoms. The van der Waals surface area contributed by atoms with Crippen LogP contribution in [0, 0.1) is 13.8 Å². The van der Waals surface area contributed by atoms with E-state index in [9.17, 15) is 4.79 Å². The van der Waals surface area contributed by atoms with Gasteiger partial charge in [-0.3, -0.25) is 4.79 Å². The maximum absolute atomic E-state index is 13.1. The summed E-state index contributed by atoms with van der Waals surface area (Å²) in [6.45, 7) is 4.85. The van der Waals surface area contributed by atoms with Crippen LogP contribution in [-0.2, 0) is 24.7 Å². The molecule has 3 heterocycles. The van der Waals surface area contributed by atoms with Crippen LogP contribution in [0.4, 0.5) is 11.5 Å². The summed E-state index contributed by atoms with van der Waals surface area (Å²) in [5, 5.41) is 5.38. The third-order valence-electron chi connectivity index (χ3n) is 6.26. The van der Waals surface area contributed by atoms with E-state index in [2.05, 4.69) is 41.0 Å². The van der Waals surface area contributed by atoms with Crippen molar-refractivity contribution in [1.82, 2.24) is 19.7 Å². The van der Waals surface area contributed by atoms with Gasteiger partial charge in [-0.05, 0) is 54.7 Å². The van der Waals surface area contributed by atoms with E-state index in [4.69, 9.17) is 5.73 Å². The van der Waals surface area contributed by atoms with Gasteiger partial charge >= 0.3 is 0 Å². The van der Waals surface area contributed by atoms with Crippen LogP contribution in [0.25, 0.3) is 22.3 Å². The molecule has 5 rings (SSSR count). The molecule has 1 amide bonds. The minimum absolute atomic E-state index is 0.126. The van der Waals surface area contributed by atoms with Crippen molar-refractivity contribution in [2.24, 2.45) is 7.05 Å². The fraction of sp³-hybridized carbons (Fsp3) is 0.250. The smallest absolute Gasteiger partial charge is 0.231 e. The van der Waals surface area contributed by atoms with Crippen LogP contribution in [0.1, 0.15) is 22.3 Å². The minimum atomic E-state index is 0.126. The van der Waals surface area contributed by atoms with Crippen molar-refractivity contribution in [3.8, 4) is 11.3 Å². The predicted molar refractivity (Wildman–Crippen MR) is 122 cm³/mol. The maximum Gasteiger partial charge on any atom is 0.231 e. The molecule has 1 aliphatic rings. The van der Waals surface area contributed by atoms with Gasteiger partial charge in [-0.1, -0.05) is 24.3 Å². The number of anilines is 2. The molecule has 31 heavy (non-hydrogen) atoms. The van der Waals surface area contributed by atoms with E-state index in [1.807, 2.05) is 36.2 Å². The fourth-order valence-corrected chi connectivity index (χ4v) is 4.38. The second-order valence-electron chi connectivity index (χ2n) is 8.10. The van der Waals surface area contributed by atoms with Gasteiger partial charge in [0.2, 0.25) is 5.91 Å². The van der Waals surface area contributed by atoms with Crippen LogP contribution in [0.3, 0.4) is 0 Å². The lowest BCUT2D eigenvalue weighted by Crippen LogP contribution is -2.30. The van der Waals surface area contributed by atoms with Gasteiger partial charge < -0.3 is 10.6 Å². The first-order valence-electron chi connectivity index (χ1n) is 10.4. The number of nitrogen functional groups attached to an aromatic ring is 1. The number of hydrogen-bond acceptors (Lipinski definition) is 5. The highest BCUT2D eigenvalue weighted by Gasteiger charge is 2.26. The Morgan fingerprint density at radius 3 is 2.84 bits per heavy atom. The summed E-state index contributed by atoms with van der Waals surface area (Å²) in [4.78, 5) is 23.4. The molecule has 2 aromatic carbocycles. The topological polar surface area (TPSA) is 89.9 Å². The molecule has 2 aromatic heterocycles. The van der Waals surface area contributed by atoms with Crippen molar-refractivity contribution < 1.29 is 4.79 Å². The number of nitrogens with two attached hydrogens (primary N) is 1. The molecule has 7 heteroatoms. The molecule has 0 radical (unpaired) electrons. The van der Waals surface area contributed by atoms with E-state index in [0.717, 1.165) is 39.9 Å². The van der Waals surface area contributed by atoms with Gasteiger partial charge in [0.15, 0.2) is 5.65 Å². The zero-order valence-corrected chi connectivity index (χ0v) is 17.9. The Kier molecular flexibility index (Phi) is 4.46. The SMILES string of the molecule is Cc1cccc(CC(=O)N2CCc3cc(-c4nn(C)c5ncnc(N)c45)ccc32)c1C. The van der Waals surface area contributed by atoms with Crippen LogP contribution >= 0.6 is 0 Å². The van der Waals surface area contributed by atoms with Crippen molar-refractivity contribution >= 4 is 28.4 Å². The number of carbonyl (C=O) groups excluding carboxylic acids is 1. The summed E-state index contributed by atoms with van der Waals surface area (Å²) < 4.78 is 1.72. The molecule has 2 N–H and O–H groups in total. The monoisotopic (exact) mass is 412 g/mol. The number of nitrogens with zero attached hydrogens (tertiary/aromatic N) is 5. The van der Waals surface area contributed by atoms with Gasteiger partial charge in [0, 0.05) is 24.8 Å². The number of aryl methyl sites for hydroxylation is 2. The summed E-state index contributed by atoms with van der Waals surface area (Å²) in [7, 11) is 1.85. The molecule has 7 nitrogen and oxygen atoms in total. The van der Waals surface area contributed by atoms with Crippen molar-refractivity contribution in [3.63, 3.8) is 0 Å². The summed E-state index contributed by atoms with van der Waals surface area (Å²) in [5.74, 6) is 0.542. The van der Waals surface area contributed by atoms with Gasteiger partial charge in [0.25, 0.3) is 0 Å². The number of fused-ring (bicyclic) bond motifs is 2. The first kappa shape index (κ1) is 19.2. The van der Waals surface area contributed by atoms with E-state index < -0.39 is 0 Å². The zero-order valence-electron chi connectivity index (χ0n) is 17.9. The molecule has 4 aromatic rings. The molecule has 0 aliphatic carbocycles. The van der Waals surface area contributed by atoms with Crippen molar-refractivity contribution in [2.45, 2.75) is 26.7 Å². The van der Waals surface area contributed by atoms with E-state index >= 15 is 0 Å². The van der Waals surface area contributed by atoms with Crippen LogP contribution in [-0.4, -0.2) is 32.2 Å². The number of aromatic nitrogens is 4. The summed E-state index contributed by atoms with van der Waals surface area (Å²) in [6, 6.07) is 12.3. The summed E-state index contributed by atoms with van der Waals surface area (Å²) in [5.41, 5.74) is 14.1. The highest BCUT2D eigenvalue weighted by atomic mass is 16.2. The molecule has 0 fully saturated rings. The minimum Gasteiger partial charge on any atom is -0.383 e. The molecule has 0 atom stereocenters.